The third-order valence-corrected chi connectivity index (χ3v) is 3.93. The number of amides is 1. The van der Waals surface area contributed by atoms with E-state index in [-0.39, 0.29) is 5.91 Å². The van der Waals surface area contributed by atoms with Gasteiger partial charge in [0.25, 0.3) is 5.91 Å². The van der Waals surface area contributed by atoms with E-state index in [9.17, 15) is 4.79 Å². The van der Waals surface area contributed by atoms with Crippen LogP contribution < -0.4 is 5.32 Å². The van der Waals surface area contributed by atoms with Gasteiger partial charge >= 0.3 is 0 Å². The van der Waals surface area contributed by atoms with Gasteiger partial charge in [0.1, 0.15) is 12.2 Å². The molecular weight excluding hydrogens is 328 g/mol. The van der Waals surface area contributed by atoms with E-state index in [4.69, 9.17) is 11.6 Å². The van der Waals surface area contributed by atoms with Crippen molar-refractivity contribution in [3.63, 3.8) is 0 Å². The summed E-state index contributed by atoms with van der Waals surface area (Å²) in [7, 11) is 0. The average Bonchev–Trinajstić information content (AvgIpc) is 3.14. The molecule has 0 saturated carbocycles. The molecule has 1 aromatic carbocycles. The van der Waals surface area contributed by atoms with Gasteiger partial charge in [-0.2, -0.15) is 5.10 Å². The Morgan fingerprint density at radius 2 is 2.00 bits per heavy atom. The highest BCUT2D eigenvalue weighted by atomic mass is 35.5. The monoisotopic (exact) mass is 344 g/mol. The van der Waals surface area contributed by atoms with E-state index < -0.39 is 0 Å². The number of carbonyl (C=O) groups excluding carboxylic acids is 1. The molecular formula is C16H17ClN6O. The summed E-state index contributed by atoms with van der Waals surface area (Å²) in [5.41, 5.74) is 2.06. The predicted molar refractivity (Wildman–Crippen MR) is 90.4 cm³/mol. The van der Waals surface area contributed by atoms with Crippen LogP contribution in [0.3, 0.4) is 0 Å². The summed E-state index contributed by atoms with van der Waals surface area (Å²) in [6.45, 7) is 4.79. The zero-order chi connectivity index (χ0) is 17.1. The van der Waals surface area contributed by atoms with Crippen molar-refractivity contribution in [2.24, 2.45) is 0 Å². The molecule has 0 aliphatic heterocycles. The van der Waals surface area contributed by atoms with Crippen molar-refractivity contribution in [1.29, 1.82) is 0 Å². The van der Waals surface area contributed by atoms with Gasteiger partial charge < -0.3 is 9.88 Å². The normalized spacial score (nSPS) is 10.8. The Morgan fingerprint density at radius 1 is 1.25 bits per heavy atom. The van der Waals surface area contributed by atoms with E-state index in [2.05, 4.69) is 20.6 Å². The molecule has 0 aliphatic rings. The predicted octanol–water partition coefficient (Wildman–Crippen LogP) is 2.16. The number of carbonyl (C=O) groups is 1. The topological polar surface area (TPSA) is 77.6 Å². The second kappa shape index (κ2) is 6.84. The van der Waals surface area contributed by atoms with Crippen LogP contribution in [0.1, 0.15) is 21.9 Å². The maximum Gasteiger partial charge on any atom is 0.254 e. The summed E-state index contributed by atoms with van der Waals surface area (Å²) in [5, 5.41) is 15.7. The molecule has 0 spiro atoms. The Balaban J connectivity index is 1.67. The van der Waals surface area contributed by atoms with Gasteiger partial charge in [0, 0.05) is 24.3 Å². The van der Waals surface area contributed by atoms with Crippen molar-refractivity contribution in [1.82, 2.24) is 29.9 Å². The number of nitrogens with zero attached hydrogens (tertiary/aromatic N) is 5. The van der Waals surface area contributed by atoms with Gasteiger partial charge in [-0.05, 0) is 38.1 Å². The highest BCUT2D eigenvalue weighted by molar-refractivity contribution is 6.30. The number of aromatic nitrogens is 5. The number of hydrogen-bond acceptors (Lipinski definition) is 4. The molecule has 0 fully saturated rings. The fraction of sp³-hybridized carbons (Fsp3) is 0.250. The minimum atomic E-state index is -0.154. The first kappa shape index (κ1) is 16.2. The van der Waals surface area contributed by atoms with Crippen molar-refractivity contribution in [2.75, 3.05) is 6.54 Å². The maximum atomic E-state index is 12.4. The molecule has 1 amide bonds. The van der Waals surface area contributed by atoms with Gasteiger partial charge in [0.2, 0.25) is 0 Å². The van der Waals surface area contributed by atoms with Gasteiger partial charge in [-0.1, -0.05) is 11.6 Å². The Hall–Kier alpha value is -2.67. The fourth-order valence-electron chi connectivity index (χ4n) is 2.33. The molecule has 2 heterocycles. The fourth-order valence-corrected chi connectivity index (χ4v) is 2.45. The number of rotatable bonds is 5. The van der Waals surface area contributed by atoms with Crippen molar-refractivity contribution >= 4 is 17.5 Å². The number of halogens is 1. The second-order valence-electron chi connectivity index (χ2n) is 5.38. The first-order valence-electron chi connectivity index (χ1n) is 7.49. The van der Waals surface area contributed by atoms with E-state index in [0.29, 0.717) is 29.4 Å². The highest BCUT2D eigenvalue weighted by Crippen LogP contribution is 2.15. The molecule has 124 valence electrons. The summed E-state index contributed by atoms with van der Waals surface area (Å²) in [6.07, 6.45) is 3.36. The third kappa shape index (κ3) is 3.46. The van der Waals surface area contributed by atoms with Crippen molar-refractivity contribution in [3.8, 4) is 5.69 Å². The van der Waals surface area contributed by atoms with Crippen LogP contribution in [0.5, 0.6) is 0 Å². The Bertz CT molecular complexity index is 852. The Morgan fingerprint density at radius 3 is 2.67 bits per heavy atom. The summed E-state index contributed by atoms with van der Waals surface area (Å²) < 4.78 is 3.55. The average molecular weight is 345 g/mol. The Kier molecular flexibility index (Phi) is 4.61. The molecule has 0 bridgehead atoms. The third-order valence-electron chi connectivity index (χ3n) is 3.68. The van der Waals surface area contributed by atoms with E-state index in [1.54, 1.807) is 29.3 Å². The maximum absolute atomic E-state index is 12.4. The molecule has 0 aliphatic carbocycles. The zero-order valence-corrected chi connectivity index (χ0v) is 14.2. The lowest BCUT2D eigenvalue weighted by molar-refractivity contribution is 0.0951. The van der Waals surface area contributed by atoms with Crippen LogP contribution in [-0.4, -0.2) is 37.0 Å². The molecule has 1 N–H and O–H groups in total. The number of aryl methyl sites for hydroxylation is 2. The minimum Gasteiger partial charge on any atom is -0.350 e. The van der Waals surface area contributed by atoms with E-state index in [0.717, 1.165) is 11.5 Å². The van der Waals surface area contributed by atoms with E-state index >= 15 is 0 Å². The summed E-state index contributed by atoms with van der Waals surface area (Å²) >= 11 is 5.89. The van der Waals surface area contributed by atoms with Crippen LogP contribution in [0.15, 0.2) is 36.8 Å². The van der Waals surface area contributed by atoms with Crippen molar-refractivity contribution in [2.45, 2.75) is 20.4 Å². The molecule has 8 heteroatoms. The highest BCUT2D eigenvalue weighted by Gasteiger charge is 2.14. The molecule has 0 atom stereocenters. The lowest BCUT2D eigenvalue weighted by atomic mass is 10.2. The van der Waals surface area contributed by atoms with E-state index in [1.165, 1.54) is 0 Å². The van der Waals surface area contributed by atoms with Crippen LogP contribution in [0, 0.1) is 13.8 Å². The summed E-state index contributed by atoms with van der Waals surface area (Å²) in [5.74, 6) is 0.662. The van der Waals surface area contributed by atoms with Crippen LogP contribution in [0.4, 0.5) is 0 Å². The van der Waals surface area contributed by atoms with Crippen molar-refractivity contribution < 1.29 is 4.79 Å². The largest absolute Gasteiger partial charge is 0.350 e. The molecule has 7 nitrogen and oxygen atoms in total. The lowest BCUT2D eigenvalue weighted by Crippen LogP contribution is -2.27. The molecule has 3 rings (SSSR count). The molecule has 0 radical (unpaired) electrons. The lowest BCUT2D eigenvalue weighted by Gasteiger charge is -2.05. The van der Waals surface area contributed by atoms with Crippen LogP contribution in [0.2, 0.25) is 5.02 Å². The van der Waals surface area contributed by atoms with Gasteiger partial charge in [-0.25, -0.2) is 4.68 Å². The first-order chi connectivity index (χ1) is 11.5. The molecule has 0 saturated heterocycles. The molecule has 3 aromatic rings. The zero-order valence-electron chi connectivity index (χ0n) is 13.4. The van der Waals surface area contributed by atoms with Gasteiger partial charge in [0.05, 0.1) is 16.9 Å². The Labute approximate surface area is 144 Å². The van der Waals surface area contributed by atoms with Gasteiger partial charge in [-0.15, -0.1) is 10.2 Å². The van der Waals surface area contributed by atoms with Gasteiger partial charge in [0.15, 0.2) is 0 Å². The SMILES string of the molecule is Cc1nn(-c2ccc(Cl)cc2)cc1C(=O)NCCn1cnnc1C. The van der Waals surface area contributed by atoms with Crippen LogP contribution in [0.25, 0.3) is 5.69 Å². The number of nitrogens with one attached hydrogen (secondary N) is 1. The quantitative estimate of drug-likeness (QED) is 0.769. The number of hydrogen-bond donors (Lipinski definition) is 1. The van der Waals surface area contributed by atoms with E-state index in [1.807, 2.05) is 30.5 Å². The molecule has 0 unspecified atom stereocenters. The molecule has 2 aromatic heterocycles. The second-order valence-corrected chi connectivity index (χ2v) is 5.81. The minimum absolute atomic E-state index is 0.154. The summed E-state index contributed by atoms with van der Waals surface area (Å²) in [6, 6.07) is 7.28. The van der Waals surface area contributed by atoms with Crippen LogP contribution in [-0.2, 0) is 6.54 Å². The first-order valence-corrected chi connectivity index (χ1v) is 7.87. The van der Waals surface area contributed by atoms with Crippen LogP contribution >= 0.6 is 11.6 Å². The smallest absolute Gasteiger partial charge is 0.254 e. The standard InChI is InChI=1S/C16H17ClN6O/c1-11-15(9-23(21-11)14-5-3-13(17)4-6-14)16(24)18-7-8-22-10-19-20-12(22)2/h3-6,9-10H,7-8H2,1-2H3,(H,18,24). The van der Waals surface area contributed by atoms with Crippen molar-refractivity contribution in [3.05, 3.63) is 58.9 Å². The number of benzene rings is 1. The van der Waals surface area contributed by atoms with Gasteiger partial charge in [-0.3, -0.25) is 4.79 Å². The summed E-state index contributed by atoms with van der Waals surface area (Å²) in [4.78, 5) is 12.4. The molecule has 24 heavy (non-hydrogen) atoms.